The fourth-order valence-corrected chi connectivity index (χ4v) is 8.62. The summed E-state index contributed by atoms with van der Waals surface area (Å²) in [5.41, 5.74) is 14.2. The summed E-state index contributed by atoms with van der Waals surface area (Å²) in [6, 6.07) is 53.8. The van der Waals surface area contributed by atoms with Crippen molar-refractivity contribution >= 4 is 54.6 Å². The van der Waals surface area contributed by atoms with Crippen LogP contribution >= 0.6 is 0 Å². The van der Waals surface area contributed by atoms with Crippen LogP contribution < -0.4 is 0 Å². The van der Waals surface area contributed by atoms with E-state index in [1.165, 1.54) is 33.0 Å². The Kier molecular flexibility index (Phi) is 5.70. The molecule has 0 radical (unpaired) electrons. The number of hydrogen-bond acceptors (Lipinski definition) is 3. The quantitative estimate of drug-likeness (QED) is 0.191. The Labute approximate surface area is 294 Å². The van der Waals surface area contributed by atoms with Crippen LogP contribution in [0.2, 0.25) is 0 Å². The van der Waals surface area contributed by atoms with E-state index in [1.807, 2.05) is 12.1 Å². The van der Waals surface area contributed by atoms with E-state index in [9.17, 15) is 0 Å². The third-order valence-corrected chi connectivity index (χ3v) is 11.0. The number of para-hydroxylation sites is 4. The minimum Gasteiger partial charge on any atom is -0.455 e. The molecule has 1 aliphatic rings. The largest absolute Gasteiger partial charge is 0.455 e. The number of hydrogen-bond donors (Lipinski definition) is 0. The van der Waals surface area contributed by atoms with Gasteiger partial charge in [0.15, 0.2) is 0 Å². The average Bonchev–Trinajstić information content (AvgIpc) is 3.80. The molecule has 4 heteroatoms. The van der Waals surface area contributed by atoms with E-state index in [1.54, 1.807) is 0 Å². The molecule has 1 aliphatic carbocycles. The normalized spacial score (nSPS) is 13.5. The Morgan fingerprint density at radius 3 is 2.08 bits per heavy atom. The molecular weight excluding hydrogens is 623 g/mol. The topological polar surface area (TPSA) is 43.9 Å². The summed E-state index contributed by atoms with van der Waals surface area (Å²) >= 11 is 0. The monoisotopic (exact) mass is 653 g/mol. The minimum atomic E-state index is -0.120. The number of aromatic nitrogens is 3. The van der Waals surface area contributed by atoms with Crippen molar-refractivity contribution in [3.63, 3.8) is 0 Å². The van der Waals surface area contributed by atoms with Gasteiger partial charge >= 0.3 is 0 Å². The van der Waals surface area contributed by atoms with Gasteiger partial charge in [-0.1, -0.05) is 147 Å². The maximum atomic E-state index is 6.38. The number of fused-ring (bicyclic) bond motifs is 11. The van der Waals surface area contributed by atoms with Crippen molar-refractivity contribution in [2.45, 2.75) is 19.3 Å². The first kappa shape index (κ1) is 28.3. The fourth-order valence-electron chi connectivity index (χ4n) is 8.62. The molecule has 0 saturated heterocycles. The summed E-state index contributed by atoms with van der Waals surface area (Å²) < 4.78 is 8.68. The van der Waals surface area contributed by atoms with Crippen molar-refractivity contribution in [3.05, 3.63) is 163 Å². The molecule has 11 rings (SSSR count). The van der Waals surface area contributed by atoms with E-state index in [4.69, 9.17) is 14.4 Å². The smallest absolute Gasteiger partial charge is 0.235 e. The van der Waals surface area contributed by atoms with E-state index in [0.717, 1.165) is 66.3 Å². The van der Waals surface area contributed by atoms with Gasteiger partial charge in [-0.15, -0.1) is 0 Å². The third kappa shape index (κ3) is 3.90. The zero-order valence-corrected chi connectivity index (χ0v) is 28.2. The zero-order chi connectivity index (χ0) is 33.8. The van der Waals surface area contributed by atoms with Gasteiger partial charge in [-0.25, -0.2) is 9.97 Å². The molecule has 10 aromatic rings. The van der Waals surface area contributed by atoms with Crippen molar-refractivity contribution < 1.29 is 4.42 Å². The molecule has 3 heterocycles. The minimum absolute atomic E-state index is 0.120. The van der Waals surface area contributed by atoms with Crippen LogP contribution in [0.1, 0.15) is 25.0 Å². The number of rotatable bonds is 3. The van der Waals surface area contributed by atoms with E-state index in [-0.39, 0.29) is 5.41 Å². The number of nitrogens with zero attached hydrogens (tertiary/aromatic N) is 3. The first-order valence-corrected chi connectivity index (χ1v) is 17.5. The summed E-state index contributed by atoms with van der Waals surface area (Å²) in [4.78, 5) is 10.7. The maximum Gasteiger partial charge on any atom is 0.235 e. The van der Waals surface area contributed by atoms with Gasteiger partial charge in [0.2, 0.25) is 5.95 Å². The summed E-state index contributed by atoms with van der Waals surface area (Å²) in [7, 11) is 0. The Hall–Kier alpha value is -6.52. The van der Waals surface area contributed by atoms with Crippen molar-refractivity contribution in [2.75, 3.05) is 0 Å². The first-order valence-electron chi connectivity index (χ1n) is 17.5. The molecular formula is C47H31N3O. The molecule has 4 nitrogen and oxygen atoms in total. The van der Waals surface area contributed by atoms with Crippen LogP contribution in [0.4, 0.5) is 0 Å². The average molecular weight is 654 g/mol. The lowest BCUT2D eigenvalue weighted by molar-refractivity contribution is 0.660. The molecule has 0 spiro atoms. The van der Waals surface area contributed by atoms with Gasteiger partial charge in [0.1, 0.15) is 11.2 Å². The second-order valence-electron chi connectivity index (χ2n) is 14.2. The Morgan fingerprint density at radius 1 is 0.510 bits per heavy atom. The Bertz CT molecular complexity index is 3050. The van der Waals surface area contributed by atoms with E-state index in [0.29, 0.717) is 5.95 Å². The van der Waals surface area contributed by atoms with Crippen LogP contribution in [0.3, 0.4) is 0 Å². The van der Waals surface area contributed by atoms with Crippen LogP contribution in [0, 0.1) is 0 Å². The molecule has 0 saturated carbocycles. The fraction of sp³-hybridized carbons (Fsp3) is 0.0638. The molecule has 51 heavy (non-hydrogen) atoms. The Balaban J connectivity index is 1.14. The molecule has 0 amide bonds. The summed E-state index contributed by atoms with van der Waals surface area (Å²) in [5, 5.41) is 5.68. The van der Waals surface area contributed by atoms with Gasteiger partial charge in [-0.2, -0.15) is 0 Å². The van der Waals surface area contributed by atoms with E-state index >= 15 is 0 Å². The highest BCUT2D eigenvalue weighted by Crippen LogP contribution is 2.52. The molecule has 0 aliphatic heterocycles. The van der Waals surface area contributed by atoms with Gasteiger partial charge in [0.25, 0.3) is 0 Å². The molecule has 0 unspecified atom stereocenters. The van der Waals surface area contributed by atoms with Gasteiger partial charge in [0.05, 0.1) is 22.2 Å². The molecule has 3 aromatic heterocycles. The van der Waals surface area contributed by atoms with Gasteiger partial charge in [0, 0.05) is 49.0 Å². The Morgan fingerprint density at radius 2 is 1.20 bits per heavy atom. The summed E-state index contributed by atoms with van der Waals surface area (Å²) in [5.74, 6) is 0.668. The lowest BCUT2D eigenvalue weighted by Gasteiger charge is -2.21. The highest BCUT2D eigenvalue weighted by Gasteiger charge is 2.37. The SMILES string of the molecule is CC1(C)c2ccccc2-c2c1ccc1c3ccccc3n(-c3nc(-c4ccc(-c5cccc6c5oc5ccccc56)cc4)c4ccccc4n3)c21. The first-order chi connectivity index (χ1) is 25.1. The lowest BCUT2D eigenvalue weighted by Crippen LogP contribution is -2.14. The van der Waals surface area contributed by atoms with Gasteiger partial charge in [-0.3, -0.25) is 4.57 Å². The second kappa shape index (κ2) is 10.3. The molecule has 0 bridgehead atoms. The highest BCUT2D eigenvalue weighted by atomic mass is 16.3. The zero-order valence-electron chi connectivity index (χ0n) is 28.2. The standard InChI is InChI=1S/C47H31N3O/c1-47(2)37-18-7-3-14-35(37)42-38(47)27-26-33-31-12-5-9-20-40(31)50(44(33)42)46-48-39-19-8-4-15-36(39)43(49-46)29-24-22-28(23-25-29)30-16-11-17-34-32-13-6-10-21-41(32)51-45(30)34/h3-27H,1-2H3. The molecule has 0 N–H and O–H groups in total. The second-order valence-corrected chi connectivity index (χ2v) is 14.2. The van der Waals surface area contributed by atoms with Crippen molar-refractivity contribution in [1.82, 2.24) is 14.5 Å². The molecule has 240 valence electrons. The van der Waals surface area contributed by atoms with Crippen LogP contribution in [0.5, 0.6) is 0 Å². The molecule has 7 aromatic carbocycles. The summed E-state index contributed by atoms with van der Waals surface area (Å²) in [6.45, 7) is 4.67. The summed E-state index contributed by atoms with van der Waals surface area (Å²) in [6.07, 6.45) is 0. The van der Waals surface area contributed by atoms with Crippen LogP contribution in [-0.2, 0) is 5.41 Å². The van der Waals surface area contributed by atoms with Crippen LogP contribution in [0.25, 0.3) is 94.1 Å². The molecule has 0 atom stereocenters. The van der Waals surface area contributed by atoms with Crippen LogP contribution in [-0.4, -0.2) is 14.5 Å². The number of furan rings is 1. The van der Waals surface area contributed by atoms with Crippen LogP contribution in [0.15, 0.2) is 156 Å². The van der Waals surface area contributed by atoms with Crippen molar-refractivity contribution in [2.24, 2.45) is 0 Å². The molecule has 0 fully saturated rings. The third-order valence-electron chi connectivity index (χ3n) is 11.0. The van der Waals surface area contributed by atoms with E-state index in [2.05, 4.69) is 158 Å². The van der Waals surface area contributed by atoms with Gasteiger partial charge in [-0.05, 0) is 40.5 Å². The van der Waals surface area contributed by atoms with E-state index < -0.39 is 0 Å². The highest BCUT2D eigenvalue weighted by molar-refractivity contribution is 6.15. The maximum absolute atomic E-state index is 6.38. The predicted octanol–water partition coefficient (Wildman–Crippen LogP) is 12.3. The predicted molar refractivity (Wildman–Crippen MR) is 210 cm³/mol. The number of benzene rings is 7. The van der Waals surface area contributed by atoms with Gasteiger partial charge < -0.3 is 4.42 Å². The van der Waals surface area contributed by atoms with Crippen molar-refractivity contribution in [3.8, 4) is 39.5 Å². The van der Waals surface area contributed by atoms with Crippen molar-refractivity contribution in [1.29, 1.82) is 0 Å². The lowest BCUT2D eigenvalue weighted by atomic mass is 9.82.